The molecule has 1 saturated heterocycles. The van der Waals surface area contributed by atoms with Gasteiger partial charge in [0, 0.05) is 13.1 Å². The smallest absolute Gasteiger partial charge is 0.328 e. The standard InChI is InChI=1S/C15H26N2O3/c1-20-13(18)12-7-3-6-10-17(12)14(19)15(11-16)8-4-2-5-9-15/h12H,2-11,16H2,1H3. The molecule has 1 atom stereocenters. The molecule has 0 aromatic heterocycles. The highest BCUT2D eigenvalue weighted by atomic mass is 16.5. The van der Waals surface area contributed by atoms with Crippen LogP contribution in [0.5, 0.6) is 0 Å². The zero-order valence-corrected chi connectivity index (χ0v) is 12.4. The summed E-state index contributed by atoms with van der Waals surface area (Å²) in [7, 11) is 1.39. The van der Waals surface area contributed by atoms with Gasteiger partial charge in [0.15, 0.2) is 0 Å². The number of rotatable bonds is 3. The molecule has 0 aromatic carbocycles. The van der Waals surface area contributed by atoms with Crippen molar-refractivity contribution in [1.82, 2.24) is 4.90 Å². The van der Waals surface area contributed by atoms with Gasteiger partial charge in [0.1, 0.15) is 6.04 Å². The van der Waals surface area contributed by atoms with E-state index in [0.29, 0.717) is 19.5 Å². The van der Waals surface area contributed by atoms with E-state index in [9.17, 15) is 9.59 Å². The van der Waals surface area contributed by atoms with Crippen molar-refractivity contribution in [3.8, 4) is 0 Å². The van der Waals surface area contributed by atoms with Crippen LogP contribution in [-0.2, 0) is 14.3 Å². The van der Waals surface area contributed by atoms with Crippen LogP contribution in [-0.4, -0.2) is 43.0 Å². The van der Waals surface area contributed by atoms with E-state index in [1.807, 2.05) is 0 Å². The highest BCUT2D eigenvalue weighted by Crippen LogP contribution is 2.38. The fraction of sp³-hybridized carbons (Fsp3) is 0.867. The van der Waals surface area contributed by atoms with Gasteiger partial charge in [-0.15, -0.1) is 0 Å². The van der Waals surface area contributed by atoms with E-state index >= 15 is 0 Å². The Kier molecular flexibility index (Phi) is 5.02. The number of nitrogens with zero attached hydrogens (tertiary/aromatic N) is 1. The number of amides is 1. The van der Waals surface area contributed by atoms with Crippen molar-refractivity contribution in [2.75, 3.05) is 20.2 Å². The normalized spacial score (nSPS) is 26.1. The third-order valence-electron chi connectivity index (χ3n) is 4.89. The number of hydrogen-bond acceptors (Lipinski definition) is 4. The molecule has 0 radical (unpaired) electrons. The van der Waals surface area contributed by atoms with Crippen LogP contribution >= 0.6 is 0 Å². The number of ether oxygens (including phenoxy) is 1. The third-order valence-corrected chi connectivity index (χ3v) is 4.89. The molecule has 2 aliphatic rings. The number of hydrogen-bond donors (Lipinski definition) is 1. The lowest BCUT2D eigenvalue weighted by Crippen LogP contribution is -2.56. The van der Waals surface area contributed by atoms with Crippen LogP contribution in [0.2, 0.25) is 0 Å². The van der Waals surface area contributed by atoms with Crippen LogP contribution in [0.3, 0.4) is 0 Å². The molecular formula is C15H26N2O3. The minimum Gasteiger partial charge on any atom is -0.467 e. The highest BCUT2D eigenvalue weighted by molar-refractivity contribution is 5.88. The maximum absolute atomic E-state index is 13.0. The number of carbonyl (C=O) groups is 2. The van der Waals surface area contributed by atoms with E-state index in [0.717, 1.165) is 38.5 Å². The Bertz CT molecular complexity index is 364. The summed E-state index contributed by atoms with van der Waals surface area (Å²) in [5.74, 6) is -0.212. The molecule has 1 aliphatic carbocycles. The van der Waals surface area contributed by atoms with E-state index < -0.39 is 11.5 Å². The van der Waals surface area contributed by atoms with Crippen LogP contribution in [0.25, 0.3) is 0 Å². The zero-order chi connectivity index (χ0) is 14.6. The summed E-state index contributed by atoms with van der Waals surface area (Å²) in [5.41, 5.74) is 5.49. The van der Waals surface area contributed by atoms with Gasteiger partial charge in [-0.05, 0) is 32.1 Å². The predicted octanol–water partition coefficient (Wildman–Crippen LogP) is 1.45. The van der Waals surface area contributed by atoms with E-state index in [1.165, 1.54) is 13.5 Å². The minimum atomic E-state index is -0.443. The molecule has 1 saturated carbocycles. The summed E-state index contributed by atoms with van der Waals surface area (Å²) in [4.78, 5) is 26.6. The minimum absolute atomic E-state index is 0.0785. The molecule has 1 aliphatic heterocycles. The Hall–Kier alpha value is -1.10. The van der Waals surface area contributed by atoms with Gasteiger partial charge >= 0.3 is 5.97 Å². The molecule has 1 heterocycles. The molecule has 1 unspecified atom stereocenters. The van der Waals surface area contributed by atoms with Crippen LogP contribution in [0.15, 0.2) is 0 Å². The molecule has 1 amide bonds. The molecular weight excluding hydrogens is 256 g/mol. The molecule has 5 heteroatoms. The Morgan fingerprint density at radius 2 is 1.90 bits per heavy atom. The molecule has 2 N–H and O–H groups in total. The van der Waals surface area contributed by atoms with Crippen LogP contribution in [0.4, 0.5) is 0 Å². The lowest BCUT2D eigenvalue weighted by molar-refractivity contribution is -0.160. The van der Waals surface area contributed by atoms with Crippen molar-refractivity contribution >= 4 is 11.9 Å². The molecule has 20 heavy (non-hydrogen) atoms. The molecule has 0 bridgehead atoms. The number of nitrogens with two attached hydrogens (primary N) is 1. The number of carbonyl (C=O) groups excluding carboxylic acids is 2. The summed E-state index contributed by atoms with van der Waals surface area (Å²) < 4.78 is 4.86. The van der Waals surface area contributed by atoms with Gasteiger partial charge in [0.25, 0.3) is 0 Å². The molecule has 2 rings (SSSR count). The van der Waals surface area contributed by atoms with Crippen LogP contribution in [0.1, 0.15) is 51.4 Å². The zero-order valence-electron chi connectivity index (χ0n) is 12.4. The Morgan fingerprint density at radius 3 is 2.50 bits per heavy atom. The maximum Gasteiger partial charge on any atom is 0.328 e. The third kappa shape index (κ3) is 2.82. The van der Waals surface area contributed by atoms with Gasteiger partial charge in [-0.2, -0.15) is 0 Å². The van der Waals surface area contributed by atoms with E-state index in [-0.39, 0.29) is 11.9 Å². The first-order valence-corrected chi connectivity index (χ1v) is 7.73. The predicted molar refractivity (Wildman–Crippen MR) is 75.9 cm³/mol. The largest absolute Gasteiger partial charge is 0.467 e. The monoisotopic (exact) mass is 282 g/mol. The fourth-order valence-corrected chi connectivity index (χ4v) is 3.59. The fourth-order valence-electron chi connectivity index (χ4n) is 3.59. The molecule has 2 fully saturated rings. The van der Waals surface area contributed by atoms with E-state index in [4.69, 9.17) is 10.5 Å². The Morgan fingerprint density at radius 1 is 1.20 bits per heavy atom. The molecule has 5 nitrogen and oxygen atoms in total. The molecule has 0 aromatic rings. The molecule has 0 spiro atoms. The first-order chi connectivity index (χ1) is 9.64. The van der Waals surface area contributed by atoms with Gasteiger partial charge in [0.05, 0.1) is 12.5 Å². The van der Waals surface area contributed by atoms with Crippen molar-refractivity contribution in [2.45, 2.75) is 57.4 Å². The Balaban J connectivity index is 2.17. The highest BCUT2D eigenvalue weighted by Gasteiger charge is 2.44. The second kappa shape index (κ2) is 6.57. The average molecular weight is 282 g/mol. The summed E-state index contributed by atoms with van der Waals surface area (Å²) >= 11 is 0. The van der Waals surface area contributed by atoms with Crippen molar-refractivity contribution < 1.29 is 14.3 Å². The SMILES string of the molecule is COC(=O)C1CCCCN1C(=O)C1(CN)CCCCC1. The number of esters is 1. The first kappa shape index (κ1) is 15.3. The quantitative estimate of drug-likeness (QED) is 0.795. The summed E-state index contributed by atoms with van der Waals surface area (Å²) in [5, 5.41) is 0. The summed E-state index contributed by atoms with van der Waals surface area (Å²) in [6.45, 7) is 1.04. The molecule has 114 valence electrons. The summed E-state index contributed by atoms with van der Waals surface area (Å²) in [6.07, 6.45) is 7.63. The lowest BCUT2D eigenvalue weighted by Gasteiger charge is -2.43. The van der Waals surface area contributed by atoms with Crippen molar-refractivity contribution in [3.63, 3.8) is 0 Å². The number of piperidine rings is 1. The van der Waals surface area contributed by atoms with Gasteiger partial charge in [-0.1, -0.05) is 19.3 Å². The maximum atomic E-state index is 13.0. The van der Waals surface area contributed by atoms with Crippen molar-refractivity contribution in [1.29, 1.82) is 0 Å². The van der Waals surface area contributed by atoms with Crippen molar-refractivity contribution in [2.24, 2.45) is 11.1 Å². The van der Waals surface area contributed by atoms with Gasteiger partial charge < -0.3 is 15.4 Å². The van der Waals surface area contributed by atoms with E-state index in [1.54, 1.807) is 4.90 Å². The Labute approximate surface area is 120 Å². The van der Waals surface area contributed by atoms with Crippen LogP contribution in [0, 0.1) is 5.41 Å². The van der Waals surface area contributed by atoms with Crippen LogP contribution < -0.4 is 5.73 Å². The van der Waals surface area contributed by atoms with Gasteiger partial charge in [-0.3, -0.25) is 4.79 Å². The van der Waals surface area contributed by atoms with Crippen molar-refractivity contribution in [3.05, 3.63) is 0 Å². The lowest BCUT2D eigenvalue weighted by atomic mass is 9.72. The average Bonchev–Trinajstić information content (AvgIpc) is 2.54. The second-order valence-corrected chi connectivity index (χ2v) is 6.08. The van der Waals surface area contributed by atoms with Gasteiger partial charge in [-0.25, -0.2) is 4.79 Å². The second-order valence-electron chi connectivity index (χ2n) is 6.08. The summed E-state index contributed by atoms with van der Waals surface area (Å²) in [6, 6.07) is -0.411. The topological polar surface area (TPSA) is 72.6 Å². The van der Waals surface area contributed by atoms with E-state index in [2.05, 4.69) is 0 Å². The van der Waals surface area contributed by atoms with Gasteiger partial charge in [0.2, 0.25) is 5.91 Å². The number of methoxy groups -OCH3 is 1. The first-order valence-electron chi connectivity index (χ1n) is 7.73. The number of likely N-dealkylation sites (tertiary alicyclic amines) is 1.